The molecule has 33 heavy (non-hydrogen) atoms. The van der Waals surface area contributed by atoms with Gasteiger partial charge in [0, 0.05) is 0 Å². The Morgan fingerprint density at radius 3 is 2.03 bits per heavy atom. The first-order valence-corrected chi connectivity index (χ1v) is 11.2. The standard InChI is InChI=1S/C25H30F6O2/c1-4-6-9-19-10-12-20(13-11-19)33-24(28,29)17(3)8-7-14-32-25(30,31)23-21(26)15-18(5-2)16-22(23)27/h10-13,15-17H,4-9,14H2,1-3H3. The second-order valence-corrected chi connectivity index (χ2v) is 8.11. The van der Waals surface area contributed by atoms with Crippen molar-refractivity contribution in [3.63, 3.8) is 0 Å². The predicted octanol–water partition coefficient (Wildman–Crippen LogP) is 8.02. The van der Waals surface area contributed by atoms with Gasteiger partial charge in [0.05, 0.1) is 12.5 Å². The molecular weight excluding hydrogens is 446 g/mol. The lowest BCUT2D eigenvalue weighted by Gasteiger charge is -2.25. The molecule has 2 nitrogen and oxygen atoms in total. The van der Waals surface area contributed by atoms with Crippen LogP contribution < -0.4 is 4.74 Å². The minimum Gasteiger partial charge on any atom is -0.432 e. The van der Waals surface area contributed by atoms with Crippen molar-refractivity contribution in [2.24, 2.45) is 5.92 Å². The van der Waals surface area contributed by atoms with Gasteiger partial charge in [0.15, 0.2) is 0 Å². The molecule has 0 aliphatic carbocycles. The van der Waals surface area contributed by atoms with Crippen LogP contribution in [0.5, 0.6) is 5.75 Å². The van der Waals surface area contributed by atoms with Crippen molar-refractivity contribution in [2.45, 2.75) is 71.5 Å². The van der Waals surface area contributed by atoms with Crippen LogP contribution in [-0.2, 0) is 23.7 Å². The molecule has 0 amide bonds. The number of aryl methyl sites for hydroxylation is 2. The maximum atomic E-state index is 14.4. The van der Waals surface area contributed by atoms with E-state index in [1.54, 1.807) is 19.1 Å². The van der Waals surface area contributed by atoms with Crippen LogP contribution in [0.1, 0.15) is 63.1 Å². The molecule has 0 fully saturated rings. The maximum Gasteiger partial charge on any atom is 0.400 e. The van der Waals surface area contributed by atoms with Crippen molar-refractivity contribution < 1.29 is 35.8 Å². The average Bonchev–Trinajstić information content (AvgIpc) is 2.75. The number of alkyl halides is 4. The summed E-state index contributed by atoms with van der Waals surface area (Å²) < 4.78 is 94.3. The molecule has 2 aromatic carbocycles. The van der Waals surface area contributed by atoms with Crippen molar-refractivity contribution in [3.05, 3.63) is 64.7 Å². The zero-order valence-corrected chi connectivity index (χ0v) is 19.1. The van der Waals surface area contributed by atoms with E-state index in [1.807, 2.05) is 0 Å². The monoisotopic (exact) mass is 476 g/mol. The van der Waals surface area contributed by atoms with Gasteiger partial charge in [0.2, 0.25) is 0 Å². The third kappa shape index (κ3) is 7.66. The Morgan fingerprint density at radius 2 is 1.48 bits per heavy atom. The highest BCUT2D eigenvalue weighted by Gasteiger charge is 2.41. The van der Waals surface area contributed by atoms with E-state index in [0.717, 1.165) is 37.0 Å². The third-order valence-electron chi connectivity index (χ3n) is 5.44. The maximum absolute atomic E-state index is 14.4. The first-order chi connectivity index (χ1) is 15.5. The molecule has 2 aromatic rings. The summed E-state index contributed by atoms with van der Waals surface area (Å²) in [5.74, 6) is -4.11. The van der Waals surface area contributed by atoms with Gasteiger partial charge < -0.3 is 9.47 Å². The smallest absolute Gasteiger partial charge is 0.400 e. The van der Waals surface area contributed by atoms with Crippen LogP contribution in [-0.4, -0.2) is 12.7 Å². The van der Waals surface area contributed by atoms with Crippen LogP contribution in [0.3, 0.4) is 0 Å². The van der Waals surface area contributed by atoms with Crippen molar-refractivity contribution in [1.82, 2.24) is 0 Å². The molecule has 2 rings (SSSR count). The van der Waals surface area contributed by atoms with Gasteiger partial charge in [-0.15, -0.1) is 0 Å². The second-order valence-electron chi connectivity index (χ2n) is 8.11. The zero-order chi connectivity index (χ0) is 24.6. The van der Waals surface area contributed by atoms with Gasteiger partial charge in [0.25, 0.3) is 0 Å². The lowest BCUT2D eigenvalue weighted by atomic mass is 10.0. The quantitative estimate of drug-likeness (QED) is 0.215. The molecule has 1 atom stereocenters. The molecule has 0 aliphatic heterocycles. The van der Waals surface area contributed by atoms with Crippen molar-refractivity contribution in [1.29, 1.82) is 0 Å². The predicted molar refractivity (Wildman–Crippen MR) is 115 cm³/mol. The fourth-order valence-corrected chi connectivity index (χ4v) is 3.30. The molecule has 0 saturated carbocycles. The Balaban J connectivity index is 1.88. The highest BCUT2D eigenvalue weighted by atomic mass is 19.3. The summed E-state index contributed by atoms with van der Waals surface area (Å²) in [4.78, 5) is 0. The fourth-order valence-electron chi connectivity index (χ4n) is 3.30. The molecule has 0 bridgehead atoms. The second kappa shape index (κ2) is 11.8. The number of halogens is 6. The Hall–Kier alpha value is -2.22. The summed E-state index contributed by atoms with van der Waals surface area (Å²) >= 11 is 0. The topological polar surface area (TPSA) is 18.5 Å². The van der Waals surface area contributed by atoms with Crippen LogP contribution in [0.4, 0.5) is 26.3 Å². The number of unbranched alkanes of at least 4 members (excludes halogenated alkanes) is 1. The summed E-state index contributed by atoms with van der Waals surface area (Å²) in [6.45, 7) is 4.27. The van der Waals surface area contributed by atoms with Gasteiger partial charge in [-0.05, 0) is 67.5 Å². The molecule has 0 heterocycles. The Morgan fingerprint density at radius 1 is 0.879 bits per heavy atom. The first kappa shape index (κ1) is 27.0. The zero-order valence-electron chi connectivity index (χ0n) is 19.1. The molecule has 0 radical (unpaired) electrons. The number of rotatable bonds is 13. The summed E-state index contributed by atoms with van der Waals surface area (Å²) in [6, 6.07) is 8.06. The van der Waals surface area contributed by atoms with Gasteiger partial charge in [-0.25, -0.2) is 8.78 Å². The van der Waals surface area contributed by atoms with Crippen LogP contribution in [0, 0.1) is 17.6 Å². The normalized spacial score (nSPS) is 13.2. The van der Waals surface area contributed by atoms with Crippen LogP contribution in [0.15, 0.2) is 36.4 Å². The van der Waals surface area contributed by atoms with E-state index in [-0.39, 0.29) is 30.6 Å². The first-order valence-electron chi connectivity index (χ1n) is 11.2. The summed E-state index contributed by atoms with van der Waals surface area (Å²) in [5.41, 5.74) is -0.226. The fraction of sp³-hybridized carbons (Fsp3) is 0.520. The summed E-state index contributed by atoms with van der Waals surface area (Å²) in [7, 11) is 0. The van der Waals surface area contributed by atoms with E-state index in [9.17, 15) is 26.3 Å². The minimum absolute atomic E-state index is 0.0105. The minimum atomic E-state index is -4.22. The molecule has 1 unspecified atom stereocenters. The van der Waals surface area contributed by atoms with E-state index < -0.39 is 41.9 Å². The van der Waals surface area contributed by atoms with E-state index in [1.165, 1.54) is 19.1 Å². The molecule has 0 aromatic heterocycles. The Bertz CT molecular complexity index is 860. The highest BCUT2D eigenvalue weighted by Crippen LogP contribution is 2.35. The van der Waals surface area contributed by atoms with Crippen molar-refractivity contribution in [2.75, 3.05) is 6.61 Å². The molecule has 0 N–H and O–H groups in total. The molecule has 0 saturated heterocycles. The highest BCUT2D eigenvalue weighted by molar-refractivity contribution is 5.29. The molecule has 184 valence electrons. The van der Waals surface area contributed by atoms with E-state index in [4.69, 9.17) is 4.74 Å². The van der Waals surface area contributed by atoms with Crippen LogP contribution in [0.25, 0.3) is 0 Å². The molecule has 8 heteroatoms. The Labute approximate surface area is 190 Å². The number of hydrogen-bond acceptors (Lipinski definition) is 2. The van der Waals surface area contributed by atoms with Crippen molar-refractivity contribution in [3.8, 4) is 5.75 Å². The summed E-state index contributed by atoms with van der Waals surface area (Å²) in [5, 5.41) is 0. The number of hydrogen-bond donors (Lipinski definition) is 0. The van der Waals surface area contributed by atoms with Crippen molar-refractivity contribution >= 4 is 0 Å². The van der Waals surface area contributed by atoms with Crippen LogP contribution >= 0.6 is 0 Å². The average molecular weight is 477 g/mol. The van der Waals surface area contributed by atoms with Gasteiger partial charge in [-0.1, -0.05) is 39.3 Å². The summed E-state index contributed by atoms with van der Waals surface area (Å²) in [6.07, 6.45) is -4.97. The van der Waals surface area contributed by atoms with E-state index >= 15 is 0 Å². The van der Waals surface area contributed by atoms with Gasteiger partial charge in [0.1, 0.15) is 22.9 Å². The number of benzene rings is 2. The van der Waals surface area contributed by atoms with Gasteiger partial charge in [-0.3, -0.25) is 0 Å². The van der Waals surface area contributed by atoms with Gasteiger partial charge >= 0.3 is 12.2 Å². The SMILES string of the molecule is CCCCc1ccc(OC(F)(F)C(C)CCCOC(F)(F)c2c(F)cc(CC)cc2F)cc1. The third-order valence-corrected chi connectivity index (χ3v) is 5.44. The molecule has 0 aliphatic rings. The number of ether oxygens (including phenoxy) is 2. The van der Waals surface area contributed by atoms with E-state index in [0.29, 0.717) is 0 Å². The van der Waals surface area contributed by atoms with E-state index in [2.05, 4.69) is 11.7 Å². The van der Waals surface area contributed by atoms with Crippen LogP contribution in [0.2, 0.25) is 0 Å². The molecule has 0 spiro atoms. The largest absolute Gasteiger partial charge is 0.432 e. The lowest BCUT2D eigenvalue weighted by Crippen LogP contribution is -2.33. The Kier molecular flexibility index (Phi) is 9.64. The van der Waals surface area contributed by atoms with Gasteiger partial charge in [-0.2, -0.15) is 17.6 Å². The molecular formula is C25H30F6O2. The lowest BCUT2D eigenvalue weighted by molar-refractivity contribution is -0.254.